The lowest BCUT2D eigenvalue weighted by Crippen LogP contribution is -2.35. The van der Waals surface area contributed by atoms with E-state index in [-0.39, 0.29) is 5.91 Å². The molecule has 1 amide bonds. The minimum absolute atomic E-state index is 0.183. The summed E-state index contributed by atoms with van der Waals surface area (Å²) in [6.45, 7) is 2.73. The fourth-order valence-electron chi connectivity index (χ4n) is 2.07. The SMILES string of the molecule is COCc1ccc(CNC(=O)C(C)Oc2ccc(Cl)cc2Br)cc1. The van der Waals surface area contributed by atoms with E-state index in [1.807, 2.05) is 24.3 Å². The summed E-state index contributed by atoms with van der Waals surface area (Å²) in [6.07, 6.45) is -0.616. The van der Waals surface area contributed by atoms with Gasteiger partial charge in [-0.05, 0) is 52.2 Å². The zero-order valence-corrected chi connectivity index (χ0v) is 15.9. The quantitative estimate of drug-likeness (QED) is 0.736. The molecular weight excluding hydrogens is 394 g/mol. The van der Waals surface area contributed by atoms with Crippen LogP contribution in [0.3, 0.4) is 0 Å². The van der Waals surface area contributed by atoms with Crippen LogP contribution in [0.1, 0.15) is 18.1 Å². The Bertz CT molecular complexity index is 691. The first kappa shape index (κ1) is 18.8. The molecule has 24 heavy (non-hydrogen) atoms. The van der Waals surface area contributed by atoms with Crippen molar-refractivity contribution in [3.8, 4) is 5.75 Å². The Kier molecular flexibility index (Phi) is 7.09. The topological polar surface area (TPSA) is 47.6 Å². The average Bonchev–Trinajstić information content (AvgIpc) is 2.56. The molecule has 4 nitrogen and oxygen atoms in total. The molecule has 6 heteroatoms. The third kappa shape index (κ3) is 5.51. The molecule has 0 spiro atoms. The zero-order valence-electron chi connectivity index (χ0n) is 13.5. The minimum Gasteiger partial charge on any atom is -0.480 e. The highest BCUT2D eigenvalue weighted by atomic mass is 79.9. The third-order valence-electron chi connectivity index (χ3n) is 3.37. The maximum Gasteiger partial charge on any atom is 0.261 e. The Labute approximate surface area is 155 Å². The van der Waals surface area contributed by atoms with E-state index in [0.717, 1.165) is 11.1 Å². The van der Waals surface area contributed by atoms with Crippen LogP contribution in [0.2, 0.25) is 5.02 Å². The van der Waals surface area contributed by atoms with Gasteiger partial charge in [0.1, 0.15) is 5.75 Å². The molecule has 2 aromatic rings. The Morgan fingerprint density at radius 3 is 2.50 bits per heavy atom. The van der Waals surface area contributed by atoms with Crippen LogP contribution in [0.15, 0.2) is 46.9 Å². The van der Waals surface area contributed by atoms with Crippen LogP contribution < -0.4 is 10.1 Å². The van der Waals surface area contributed by atoms with Crippen LogP contribution in [-0.2, 0) is 22.7 Å². The molecule has 0 aliphatic carbocycles. The smallest absolute Gasteiger partial charge is 0.261 e. The number of carbonyl (C=O) groups excluding carboxylic acids is 1. The van der Waals surface area contributed by atoms with Crippen LogP contribution in [-0.4, -0.2) is 19.1 Å². The number of rotatable bonds is 7. The van der Waals surface area contributed by atoms with Crippen molar-refractivity contribution in [3.63, 3.8) is 0 Å². The first-order valence-corrected chi connectivity index (χ1v) is 8.63. The number of nitrogens with one attached hydrogen (secondary N) is 1. The number of ether oxygens (including phenoxy) is 2. The summed E-state index contributed by atoms with van der Waals surface area (Å²) in [5.74, 6) is 0.392. The van der Waals surface area contributed by atoms with E-state index in [1.54, 1.807) is 32.2 Å². The fourth-order valence-corrected chi connectivity index (χ4v) is 2.84. The van der Waals surface area contributed by atoms with Crippen molar-refractivity contribution in [3.05, 3.63) is 63.1 Å². The summed E-state index contributed by atoms with van der Waals surface area (Å²) in [5, 5.41) is 3.46. The molecule has 0 aromatic heterocycles. The summed E-state index contributed by atoms with van der Waals surface area (Å²) in [5.41, 5.74) is 2.11. The monoisotopic (exact) mass is 411 g/mol. The van der Waals surface area contributed by atoms with Crippen LogP contribution in [0.25, 0.3) is 0 Å². The van der Waals surface area contributed by atoms with Gasteiger partial charge in [-0.1, -0.05) is 35.9 Å². The summed E-state index contributed by atoms with van der Waals surface area (Å²) < 4.78 is 11.5. The lowest BCUT2D eigenvalue weighted by molar-refractivity contribution is -0.127. The molecule has 1 N–H and O–H groups in total. The van der Waals surface area contributed by atoms with Gasteiger partial charge in [-0.25, -0.2) is 0 Å². The Hall–Kier alpha value is -1.56. The number of carbonyl (C=O) groups is 1. The van der Waals surface area contributed by atoms with E-state index in [1.165, 1.54) is 0 Å². The number of methoxy groups -OCH3 is 1. The first-order valence-electron chi connectivity index (χ1n) is 7.45. The Morgan fingerprint density at radius 1 is 1.21 bits per heavy atom. The van der Waals surface area contributed by atoms with Crippen molar-refractivity contribution in [2.45, 2.75) is 26.2 Å². The van der Waals surface area contributed by atoms with Gasteiger partial charge in [0, 0.05) is 18.7 Å². The first-order chi connectivity index (χ1) is 11.5. The molecule has 0 heterocycles. The van der Waals surface area contributed by atoms with Gasteiger partial charge < -0.3 is 14.8 Å². The molecule has 1 unspecified atom stereocenters. The minimum atomic E-state index is -0.616. The second-order valence-electron chi connectivity index (χ2n) is 5.30. The highest BCUT2D eigenvalue weighted by Crippen LogP contribution is 2.28. The number of benzene rings is 2. The van der Waals surface area contributed by atoms with Crippen molar-refractivity contribution >= 4 is 33.4 Å². The molecule has 0 saturated carbocycles. The summed E-state index contributed by atoms with van der Waals surface area (Å²) >= 11 is 9.26. The van der Waals surface area contributed by atoms with Gasteiger partial charge in [-0.2, -0.15) is 0 Å². The average molecular weight is 413 g/mol. The standard InChI is InChI=1S/C18H19BrClNO3/c1-12(24-17-8-7-15(20)9-16(17)19)18(22)21-10-13-3-5-14(6-4-13)11-23-2/h3-9,12H,10-11H2,1-2H3,(H,21,22). The maximum atomic E-state index is 12.2. The highest BCUT2D eigenvalue weighted by Gasteiger charge is 2.15. The van der Waals surface area contributed by atoms with Gasteiger partial charge in [0.25, 0.3) is 5.91 Å². The predicted molar refractivity (Wildman–Crippen MR) is 98.2 cm³/mol. The molecule has 0 saturated heterocycles. The lowest BCUT2D eigenvalue weighted by Gasteiger charge is -2.16. The molecule has 2 rings (SSSR count). The highest BCUT2D eigenvalue weighted by molar-refractivity contribution is 9.10. The molecule has 0 aliphatic heterocycles. The van der Waals surface area contributed by atoms with E-state index < -0.39 is 6.10 Å². The van der Waals surface area contributed by atoms with Gasteiger partial charge in [0.15, 0.2) is 6.10 Å². The molecular formula is C18H19BrClNO3. The van der Waals surface area contributed by atoms with Gasteiger partial charge in [0.05, 0.1) is 11.1 Å². The maximum absolute atomic E-state index is 12.2. The van der Waals surface area contributed by atoms with Crippen LogP contribution in [0.4, 0.5) is 0 Å². The van der Waals surface area contributed by atoms with Crippen molar-refractivity contribution in [1.29, 1.82) is 0 Å². The van der Waals surface area contributed by atoms with Crippen LogP contribution >= 0.6 is 27.5 Å². The molecule has 1 atom stereocenters. The summed E-state index contributed by atoms with van der Waals surface area (Å²) in [6, 6.07) is 13.1. The van der Waals surface area contributed by atoms with Gasteiger partial charge in [0.2, 0.25) is 0 Å². The molecule has 0 bridgehead atoms. The second kappa shape index (κ2) is 9.06. The molecule has 0 fully saturated rings. The summed E-state index contributed by atoms with van der Waals surface area (Å²) in [7, 11) is 1.66. The largest absolute Gasteiger partial charge is 0.480 e. The lowest BCUT2D eigenvalue weighted by atomic mass is 10.1. The molecule has 128 valence electrons. The van der Waals surface area contributed by atoms with E-state index in [9.17, 15) is 4.79 Å². The van der Waals surface area contributed by atoms with Crippen molar-refractivity contribution < 1.29 is 14.3 Å². The second-order valence-corrected chi connectivity index (χ2v) is 6.59. The Morgan fingerprint density at radius 2 is 1.88 bits per heavy atom. The fraction of sp³-hybridized carbons (Fsp3) is 0.278. The van der Waals surface area contributed by atoms with Crippen molar-refractivity contribution in [2.75, 3.05) is 7.11 Å². The molecule has 0 aliphatic rings. The zero-order chi connectivity index (χ0) is 17.5. The number of halogens is 2. The van der Waals surface area contributed by atoms with E-state index >= 15 is 0 Å². The Balaban J connectivity index is 1.87. The number of hydrogen-bond donors (Lipinski definition) is 1. The predicted octanol–water partition coefficient (Wildman–Crippen LogP) is 4.33. The molecule has 0 radical (unpaired) electrons. The van der Waals surface area contributed by atoms with Crippen molar-refractivity contribution in [1.82, 2.24) is 5.32 Å². The van der Waals surface area contributed by atoms with Crippen LogP contribution in [0, 0.1) is 0 Å². The summed E-state index contributed by atoms with van der Waals surface area (Å²) in [4.78, 5) is 12.2. The number of hydrogen-bond acceptors (Lipinski definition) is 3. The molecule has 2 aromatic carbocycles. The van der Waals surface area contributed by atoms with E-state index in [4.69, 9.17) is 21.1 Å². The van der Waals surface area contributed by atoms with Gasteiger partial charge >= 0.3 is 0 Å². The normalized spacial score (nSPS) is 11.8. The number of amides is 1. The van der Waals surface area contributed by atoms with Gasteiger partial charge in [-0.15, -0.1) is 0 Å². The van der Waals surface area contributed by atoms with Crippen LogP contribution in [0.5, 0.6) is 5.75 Å². The van der Waals surface area contributed by atoms with Crippen molar-refractivity contribution in [2.24, 2.45) is 0 Å². The third-order valence-corrected chi connectivity index (χ3v) is 4.22. The van der Waals surface area contributed by atoms with E-state index in [2.05, 4.69) is 21.2 Å². The van der Waals surface area contributed by atoms with E-state index in [0.29, 0.717) is 28.4 Å². The van der Waals surface area contributed by atoms with Gasteiger partial charge in [-0.3, -0.25) is 4.79 Å².